The van der Waals surface area contributed by atoms with Crippen molar-refractivity contribution >= 4 is 0 Å². The summed E-state index contributed by atoms with van der Waals surface area (Å²) in [7, 11) is 0. The van der Waals surface area contributed by atoms with E-state index in [2.05, 4.69) is 0 Å². The lowest BCUT2D eigenvalue weighted by molar-refractivity contribution is 0.0344. The van der Waals surface area contributed by atoms with Crippen LogP contribution in [-0.2, 0) is 11.2 Å². The average Bonchev–Trinajstić information content (AvgIpc) is 3.04. The minimum absolute atomic E-state index is 0.0181. The van der Waals surface area contributed by atoms with E-state index in [0.29, 0.717) is 18.4 Å². The molecule has 3 unspecified atom stereocenters. The van der Waals surface area contributed by atoms with E-state index in [4.69, 9.17) is 15.2 Å². The number of benzene rings is 1. The van der Waals surface area contributed by atoms with Crippen LogP contribution in [0.1, 0.15) is 24.8 Å². The molecule has 3 atom stereocenters. The molecule has 4 heteroatoms. The molecule has 0 amide bonds. The Bertz CT molecular complexity index is 466. The molecule has 1 fully saturated rings. The Labute approximate surface area is 119 Å². The molecule has 0 bridgehead atoms. The minimum Gasteiger partial charge on any atom is -0.487 e. The Balaban J connectivity index is 1.45. The lowest BCUT2D eigenvalue weighted by Crippen LogP contribution is -2.26. The predicted octanol–water partition coefficient (Wildman–Crippen LogP) is 2.52. The van der Waals surface area contributed by atoms with Crippen molar-refractivity contribution in [3.05, 3.63) is 29.6 Å². The quantitative estimate of drug-likeness (QED) is 0.900. The van der Waals surface area contributed by atoms with Crippen molar-refractivity contribution in [2.24, 2.45) is 17.6 Å². The van der Waals surface area contributed by atoms with Gasteiger partial charge in [-0.3, -0.25) is 0 Å². The fraction of sp³-hybridized carbons (Fsp3) is 0.625. The van der Waals surface area contributed by atoms with Gasteiger partial charge in [-0.15, -0.1) is 0 Å². The van der Waals surface area contributed by atoms with Gasteiger partial charge in [0.2, 0.25) is 0 Å². The van der Waals surface area contributed by atoms with Crippen LogP contribution in [0.15, 0.2) is 18.2 Å². The van der Waals surface area contributed by atoms with Crippen LogP contribution in [-0.4, -0.2) is 25.9 Å². The molecule has 0 aromatic heterocycles. The highest BCUT2D eigenvalue weighted by Gasteiger charge is 2.27. The van der Waals surface area contributed by atoms with E-state index in [0.717, 1.165) is 30.9 Å². The Morgan fingerprint density at radius 1 is 1.25 bits per heavy atom. The van der Waals surface area contributed by atoms with Gasteiger partial charge in [0.25, 0.3) is 0 Å². The first kappa shape index (κ1) is 13.8. The lowest BCUT2D eigenvalue weighted by Gasteiger charge is -2.19. The molecule has 2 aliphatic rings. The molecule has 2 N–H and O–H groups in total. The first-order chi connectivity index (χ1) is 9.76. The van der Waals surface area contributed by atoms with Crippen LogP contribution >= 0.6 is 0 Å². The summed E-state index contributed by atoms with van der Waals surface area (Å²) in [6.07, 6.45) is 4.47. The fourth-order valence-corrected chi connectivity index (χ4v) is 3.38. The molecule has 0 radical (unpaired) electrons. The number of nitrogens with two attached hydrogens (primary N) is 1. The fourth-order valence-electron chi connectivity index (χ4n) is 3.38. The molecule has 1 aromatic rings. The largest absolute Gasteiger partial charge is 0.487 e. The molecule has 1 heterocycles. The number of hydrogen-bond acceptors (Lipinski definition) is 3. The standard InChI is InChI=1S/C16H22FNO2/c17-14-4-5-16-13(6-14)7-15(20-16)10-19-9-12-3-1-2-11(12)8-18/h4-6,11-12,15H,1-3,7-10,18H2. The molecule has 1 aliphatic heterocycles. The van der Waals surface area contributed by atoms with Crippen molar-refractivity contribution in [2.45, 2.75) is 31.8 Å². The highest BCUT2D eigenvalue weighted by Crippen LogP contribution is 2.32. The molecule has 0 spiro atoms. The van der Waals surface area contributed by atoms with Crippen LogP contribution in [0.4, 0.5) is 4.39 Å². The zero-order chi connectivity index (χ0) is 13.9. The Hall–Kier alpha value is -1.13. The number of ether oxygens (including phenoxy) is 2. The van der Waals surface area contributed by atoms with Crippen LogP contribution in [0.2, 0.25) is 0 Å². The maximum Gasteiger partial charge on any atom is 0.126 e. The second-order valence-corrected chi connectivity index (χ2v) is 5.92. The molecule has 3 rings (SSSR count). The molecule has 1 aliphatic carbocycles. The van der Waals surface area contributed by atoms with Crippen molar-refractivity contribution in [2.75, 3.05) is 19.8 Å². The average molecular weight is 279 g/mol. The second kappa shape index (κ2) is 6.10. The van der Waals surface area contributed by atoms with Gasteiger partial charge in [0, 0.05) is 18.6 Å². The summed E-state index contributed by atoms with van der Waals surface area (Å²) in [6.45, 7) is 2.11. The zero-order valence-corrected chi connectivity index (χ0v) is 11.7. The molecule has 1 saturated carbocycles. The van der Waals surface area contributed by atoms with Crippen LogP contribution in [0, 0.1) is 17.7 Å². The summed E-state index contributed by atoms with van der Waals surface area (Å²) < 4.78 is 24.7. The molecule has 3 nitrogen and oxygen atoms in total. The normalized spacial score (nSPS) is 28.4. The highest BCUT2D eigenvalue weighted by molar-refractivity contribution is 5.37. The lowest BCUT2D eigenvalue weighted by atomic mass is 9.97. The van der Waals surface area contributed by atoms with E-state index in [-0.39, 0.29) is 11.9 Å². The number of halogens is 1. The summed E-state index contributed by atoms with van der Waals surface area (Å²) in [5, 5.41) is 0. The summed E-state index contributed by atoms with van der Waals surface area (Å²) >= 11 is 0. The molecular weight excluding hydrogens is 257 g/mol. The van der Waals surface area contributed by atoms with Gasteiger partial charge >= 0.3 is 0 Å². The summed E-state index contributed by atoms with van der Waals surface area (Å²) in [5.74, 6) is 1.80. The van der Waals surface area contributed by atoms with E-state index in [1.807, 2.05) is 0 Å². The SMILES string of the molecule is NCC1CCCC1COCC1Cc2cc(F)ccc2O1. The summed E-state index contributed by atoms with van der Waals surface area (Å²) in [6, 6.07) is 4.69. The number of hydrogen-bond donors (Lipinski definition) is 1. The van der Waals surface area contributed by atoms with Gasteiger partial charge in [-0.2, -0.15) is 0 Å². The van der Waals surface area contributed by atoms with Crippen LogP contribution in [0.5, 0.6) is 5.75 Å². The van der Waals surface area contributed by atoms with Gasteiger partial charge in [0.05, 0.1) is 6.61 Å². The maximum absolute atomic E-state index is 13.1. The third-order valence-electron chi connectivity index (χ3n) is 4.52. The maximum atomic E-state index is 13.1. The van der Waals surface area contributed by atoms with Crippen LogP contribution < -0.4 is 10.5 Å². The van der Waals surface area contributed by atoms with Crippen molar-refractivity contribution in [1.29, 1.82) is 0 Å². The van der Waals surface area contributed by atoms with E-state index < -0.39 is 0 Å². The van der Waals surface area contributed by atoms with Gasteiger partial charge in [-0.25, -0.2) is 4.39 Å². The van der Waals surface area contributed by atoms with Crippen LogP contribution in [0.3, 0.4) is 0 Å². The molecular formula is C16H22FNO2. The van der Waals surface area contributed by atoms with Crippen molar-refractivity contribution in [1.82, 2.24) is 0 Å². The van der Waals surface area contributed by atoms with Gasteiger partial charge in [0.1, 0.15) is 17.7 Å². The van der Waals surface area contributed by atoms with E-state index in [9.17, 15) is 4.39 Å². The molecule has 1 aromatic carbocycles. The third kappa shape index (κ3) is 2.96. The first-order valence-corrected chi connectivity index (χ1v) is 7.49. The second-order valence-electron chi connectivity index (χ2n) is 5.92. The summed E-state index contributed by atoms with van der Waals surface area (Å²) in [5.41, 5.74) is 6.72. The predicted molar refractivity (Wildman–Crippen MR) is 75.2 cm³/mol. The zero-order valence-electron chi connectivity index (χ0n) is 11.7. The Morgan fingerprint density at radius 3 is 2.95 bits per heavy atom. The monoisotopic (exact) mass is 279 g/mol. The van der Waals surface area contributed by atoms with E-state index >= 15 is 0 Å². The Kier molecular flexibility index (Phi) is 4.22. The Morgan fingerprint density at radius 2 is 2.10 bits per heavy atom. The third-order valence-corrected chi connectivity index (χ3v) is 4.52. The first-order valence-electron chi connectivity index (χ1n) is 7.49. The van der Waals surface area contributed by atoms with Gasteiger partial charge in [-0.1, -0.05) is 6.42 Å². The van der Waals surface area contributed by atoms with E-state index in [1.54, 1.807) is 12.1 Å². The van der Waals surface area contributed by atoms with E-state index in [1.165, 1.54) is 25.3 Å². The van der Waals surface area contributed by atoms with Crippen molar-refractivity contribution in [3.8, 4) is 5.75 Å². The van der Waals surface area contributed by atoms with Gasteiger partial charge in [0.15, 0.2) is 0 Å². The molecule has 0 saturated heterocycles. The smallest absolute Gasteiger partial charge is 0.126 e. The van der Waals surface area contributed by atoms with Crippen molar-refractivity contribution in [3.63, 3.8) is 0 Å². The molecule has 110 valence electrons. The topological polar surface area (TPSA) is 44.5 Å². The van der Waals surface area contributed by atoms with Crippen molar-refractivity contribution < 1.29 is 13.9 Å². The van der Waals surface area contributed by atoms with Gasteiger partial charge < -0.3 is 15.2 Å². The summed E-state index contributed by atoms with van der Waals surface area (Å²) in [4.78, 5) is 0. The minimum atomic E-state index is -0.203. The van der Waals surface area contributed by atoms with Crippen LogP contribution in [0.25, 0.3) is 0 Å². The highest BCUT2D eigenvalue weighted by atomic mass is 19.1. The number of rotatable bonds is 5. The number of fused-ring (bicyclic) bond motifs is 1. The van der Waals surface area contributed by atoms with Gasteiger partial charge in [-0.05, 0) is 49.4 Å². The molecule has 20 heavy (non-hydrogen) atoms.